The third-order valence-corrected chi connectivity index (χ3v) is 7.22. The van der Waals surface area contributed by atoms with Crippen LogP contribution in [0.1, 0.15) is 13.8 Å². The van der Waals surface area contributed by atoms with Crippen LogP contribution in [-0.2, 0) is 0 Å². The van der Waals surface area contributed by atoms with Crippen molar-refractivity contribution in [3.8, 4) is 0 Å². The first-order valence-electron chi connectivity index (χ1n) is 3.80. The molecule has 1 rings (SSSR count). The number of rotatable bonds is 2. The Kier molecular flexibility index (Phi) is 2.83. The van der Waals surface area contributed by atoms with Crippen molar-refractivity contribution < 1.29 is 0 Å². The minimum atomic E-state index is -0.793. The normalized spacial score (nSPS) is 21.5. The predicted molar refractivity (Wildman–Crippen MR) is 58.7 cm³/mol. The van der Waals surface area contributed by atoms with Crippen LogP contribution in [0.5, 0.6) is 0 Å². The highest BCUT2D eigenvalue weighted by atomic mass is 32.2. The molecular weight excluding hydrogens is 171 g/mol. The standard InChI is InChI=1S/C9H16PS/c1-8-5-10(3,7-11-4)6-9(8)2/h5-6H,7H2,1-4H3/q+1. The van der Waals surface area contributed by atoms with Crippen LogP contribution in [0.3, 0.4) is 0 Å². The summed E-state index contributed by atoms with van der Waals surface area (Å²) in [5, 5.41) is 0. The Bertz CT molecular complexity index is 198. The van der Waals surface area contributed by atoms with Gasteiger partial charge < -0.3 is 0 Å². The fourth-order valence-corrected chi connectivity index (χ4v) is 6.55. The average Bonchev–Trinajstić information content (AvgIpc) is 2.08. The molecule has 0 aliphatic carbocycles. The lowest BCUT2D eigenvalue weighted by Crippen LogP contribution is -1.82. The number of thioether (sulfide) groups is 1. The Hall–Kier alpha value is 0.260. The van der Waals surface area contributed by atoms with Crippen molar-refractivity contribution in [2.24, 2.45) is 0 Å². The lowest BCUT2D eigenvalue weighted by molar-refractivity contribution is 1.39. The van der Waals surface area contributed by atoms with Crippen LogP contribution in [-0.4, -0.2) is 18.4 Å². The number of hydrogen-bond acceptors (Lipinski definition) is 1. The molecule has 1 aliphatic heterocycles. The van der Waals surface area contributed by atoms with Crippen LogP contribution in [0.25, 0.3) is 0 Å². The van der Waals surface area contributed by atoms with Crippen LogP contribution in [0, 0.1) is 0 Å². The van der Waals surface area contributed by atoms with Crippen molar-refractivity contribution in [1.82, 2.24) is 0 Å². The maximum Gasteiger partial charge on any atom is 0.112 e. The van der Waals surface area contributed by atoms with Gasteiger partial charge in [0, 0.05) is 0 Å². The summed E-state index contributed by atoms with van der Waals surface area (Å²) in [7, 11) is -0.793. The molecule has 0 spiro atoms. The van der Waals surface area contributed by atoms with E-state index in [0.29, 0.717) is 0 Å². The smallest absolute Gasteiger partial charge is 0.112 e. The number of allylic oxidation sites excluding steroid dienone is 2. The van der Waals surface area contributed by atoms with E-state index in [4.69, 9.17) is 0 Å². The average molecular weight is 187 g/mol. The second-order valence-corrected chi connectivity index (χ2v) is 8.21. The van der Waals surface area contributed by atoms with Gasteiger partial charge in [-0.05, 0) is 31.2 Å². The van der Waals surface area contributed by atoms with Crippen molar-refractivity contribution >= 4 is 19.0 Å². The fourth-order valence-electron chi connectivity index (χ4n) is 1.48. The fraction of sp³-hybridized carbons (Fsp3) is 0.556. The SMILES string of the molecule is CSC[P+]1(C)C=C(C)C(C)=C1. The van der Waals surface area contributed by atoms with Crippen molar-refractivity contribution in [1.29, 1.82) is 0 Å². The van der Waals surface area contributed by atoms with E-state index in [9.17, 15) is 0 Å². The van der Waals surface area contributed by atoms with Gasteiger partial charge in [-0.1, -0.05) is 0 Å². The summed E-state index contributed by atoms with van der Waals surface area (Å²) in [6.07, 6.45) is 2.19. The Morgan fingerprint density at radius 1 is 1.27 bits per heavy atom. The summed E-state index contributed by atoms with van der Waals surface area (Å²) < 4.78 is 0. The molecule has 0 bridgehead atoms. The molecule has 0 aromatic rings. The second-order valence-electron chi connectivity index (χ2n) is 3.39. The minimum absolute atomic E-state index is 0.793. The van der Waals surface area contributed by atoms with E-state index in [-0.39, 0.29) is 0 Å². The largest absolute Gasteiger partial charge is 0.124 e. The summed E-state index contributed by atoms with van der Waals surface area (Å²) in [6, 6.07) is 0. The molecule has 1 aliphatic rings. The van der Waals surface area contributed by atoms with Gasteiger partial charge in [0.2, 0.25) is 0 Å². The Morgan fingerprint density at radius 2 is 1.73 bits per heavy atom. The molecule has 62 valence electrons. The minimum Gasteiger partial charge on any atom is -0.124 e. The van der Waals surface area contributed by atoms with Gasteiger partial charge in [0.15, 0.2) is 0 Å². The summed E-state index contributed by atoms with van der Waals surface area (Å²) in [6.45, 7) is 6.85. The second kappa shape index (κ2) is 3.33. The quantitative estimate of drug-likeness (QED) is 0.593. The Morgan fingerprint density at radius 3 is 2.09 bits per heavy atom. The van der Waals surface area contributed by atoms with Gasteiger partial charge >= 0.3 is 0 Å². The molecule has 0 aromatic heterocycles. The molecule has 2 heteroatoms. The van der Waals surface area contributed by atoms with E-state index in [0.717, 1.165) is 0 Å². The van der Waals surface area contributed by atoms with Gasteiger partial charge in [0.05, 0.1) is 25.6 Å². The zero-order chi connectivity index (χ0) is 8.48. The van der Waals surface area contributed by atoms with Gasteiger partial charge in [-0.15, -0.1) is 11.8 Å². The maximum absolute atomic E-state index is 2.48. The molecule has 0 aromatic carbocycles. The summed E-state index contributed by atoms with van der Waals surface area (Å²) in [4.78, 5) is 0. The van der Waals surface area contributed by atoms with E-state index in [2.05, 4.69) is 38.4 Å². The lowest BCUT2D eigenvalue weighted by Gasteiger charge is -2.08. The highest BCUT2D eigenvalue weighted by Gasteiger charge is 2.31. The zero-order valence-electron chi connectivity index (χ0n) is 7.72. The molecule has 0 nitrogen and oxygen atoms in total. The van der Waals surface area contributed by atoms with Gasteiger partial charge in [0.25, 0.3) is 0 Å². The first kappa shape index (κ1) is 9.35. The molecule has 0 atom stereocenters. The predicted octanol–water partition coefficient (Wildman–Crippen LogP) is 3.78. The summed E-state index contributed by atoms with van der Waals surface area (Å²) in [5.74, 6) is 4.97. The Balaban J connectivity index is 2.78. The van der Waals surface area contributed by atoms with Crippen LogP contribution < -0.4 is 0 Å². The van der Waals surface area contributed by atoms with Gasteiger partial charge in [-0.25, -0.2) is 0 Å². The van der Waals surface area contributed by atoms with E-state index in [1.165, 1.54) is 16.6 Å². The molecular formula is C9H16PS+. The van der Waals surface area contributed by atoms with Crippen molar-refractivity contribution in [2.75, 3.05) is 18.4 Å². The van der Waals surface area contributed by atoms with E-state index < -0.39 is 7.26 Å². The molecule has 1 heterocycles. The first-order valence-corrected chi connectivity index (χ1v) is 7.76. The monoisotopic (exact) mass is 187 g/mol. The van der Waals surface area contributed by atoms with Crippen molar-refractivity contribution in [2.45, 2.75) is 13.8 Å². The molecule has 0 saturated carbocycles. The lowest BCUT2D eigenvalue weighted by atomic mass is 10.2. The van der Waals surface area contributed by atoms with E-state index >= 15 is 0 Å². The van der Waals surface area contributed by atoms with Gasteiger partial charge in [-0.3, -0.25) is 0 Å². The van der Waals surface area contributed by atoms with Gasteiger partial charge in [-0.2, -0.15) is 0 Å². The third-order valence-electron chi connectivity index (χ3n) is 2.01. The van der Waals surface area contributed by atoms with Crippen LogP contribution >= 0.6 is 19.0 Å². The van der Waals surface area contributed by atoms with Crippen LogP contribution in [0.4, 0.5) is 0 Å². The molecule has 0 fully saturated rings. The number of hydrogen-bond donors (Lipinski definition) is 0. The third kappa shape index (κ3) is 2.10. The summed E-state index contributed by atoms with van der Waals surface area (Å²) in [5.41, 5.74) is 4.30. The van der Waals surface area contributed by atoms with Gasteiger partial charge in [0.1, 0.15) is 5.49 Å². The maximum atomic E-state index is 2.48. The Labute approximate surface area is 74.5 Å². The van der Waals surface area contributed by atoms with Crippen molar-refractivity contribution in [3.63, 3.8) is 0 Å². The van der Waals surface area contributed by atoms with Crippen molar-refractivity contribution in [3.05, 3.63) is 22.8 Å². The van der Waals surface area contributed by atoms with Crippen LogP contribution in [0.15, 0.2) is 22.8 Å². The highest BCUT2D eigenvalue weighted by molar-refractivity contribution is 8.08. The first-order chi connectivity index (χ1) is 5.07. The molecule has 0 N–H and O–H groups in total. The van der Waals surface area contributed by atoms with E-state index in [1.54, 1.807) is 0 Å². The molecule has 0 saturated heterocycles. The molecule has 0 unspecified atom stereocenters. The summed E-state index contributed by atoms with van der Waals surface area (Å²) >= 11 is 1.96. The van der Waals surface area contributed by atoms with E-state index in [1.807, 2.05) is 11.8 Å². The molecule has 0 radical (unpaired) electrons. The zero-order valence-corrected chi connectivity index (χ0v) is 9.43. The molecule has 0 amide bonds. The highest BCUT2D eigenvalue weighted by Crippen LogP contribution is 2.65. The topological polar surface area (TPSA) is 0 Å². The molecule has 11 heavy (non-hydrogen) atoms. The van der Waals surface area contributed by atoms with Crippen LogP contribution in [0.2, 0.25) is 0 Å².